The number of nitrogens with zero attached hydrogens (tertiary/aromatic N) is 2. The third-order valence-corrected chi connectivity index (χ3v) is 4.27. The molecule has 2 aromatic rings. The van der Waals surface area contributed by atoms with Gasteiger partial charge in [-0.05, 0) is 38.2 Å². The van der Waals surface area contributed by atoms with E-state index in [0.29, 0.717) is 0 Å². The molecule has 0 unspecified atom stereocenters. The summed E-state index contributed by atoms with van der Waals surface area (Å²) >= 11 is 1.81. The molecule has 1 aliphatic rings. The minimum atomic E-state index is 0.752. The standard InChI is InChI=1S/C12H14N2OS/c1-7-13-11(15-2)10-8-5-3-4-6-9(8)16-12(10)14-7/h3-6H2,1-2H3. The van der Waals surface area contributed by atoms with Crippen LogP contribution in [0.2, 0.25) is 0 Å². The molecule has 0 radical (unpaired) electrons. The van der Waals surface area contributed by atoms with Gasteiger partial charge < -0.3 is 4.74 Å². The van der Waals surface area contributed by atoms with Crippen LogP contribution < -0.4 is 4.74 Å². The largest absolute Gasteiger partial charge is 0.480 e. The van der Waals surface area contributed by atoms with Gasteiger partial charge in [0.25, 0.3) is 0 Å². The molecule has 0 fully saturated rings. The van der Waals surface area contributed by atoms with Gasteiger partial charge in [0.05, 0.1) is 12.5 Å². The molecule has 1 aliphatic carbocycles. The highest BCUT2D eigenvalue weighted by molar-refractivity contribution is 7.18. The monoisotopic (exact) mass is 234 g/mol. The summed E-state index contributed by atoms with van der Waals surface area (Å²) in [4.78, 5) is 11.5. The van der Waals surface area contributed by atoms with E-state index in [4.69, 9.17) is 4.74 Å². The topological polar surface area (TPSA) is 35.0 Å². The Morgan fingerprint density at radius 3 is 2.81 bits per heavy atom. The van der Waals surface area contributed by atoms with Crippen LogP contribution in [0.5, 0.6) is 5.88 Å². The van der Waals surface area contributed by atoms with Crippen LogP contribution in [0.25, 0.3) is 10.2 Å². The Morgan fingerprint density at radius 1 is 1.19 bits per heavy atom. The van der Waals surface area contributed by atoms with Crippen molar-refractivity contribution in [2.24, 2.45) is 0 Å². The van der Waals surface area contributed by atoms with Gasteiger partial charge in [-0.15, -0.1) is 11.3 Å². The molecule has 0 saturated heterocycles. The average Bonchev–Trinajstić information content (AvgIpc) is 2.65. The summed E-state index contributed by atoms with van der Waals surface area (Å²) in [6, 6.07) is 0. The molecule has 16 heavy (non-hydrogen) atoms. The fourth-order valence-electron chi connectivity index (χ4n) is 2.37. The molecule has 84 valence electrons. The number of hydrogen-bond acceptors (Lipinski definition) is 4. The Morgan fingerprint density at radius 2 is 2.00 bits per heavy atom. The molecular formula is C12H14N2OS. The predicted octanol–water partition coefficient (Wildman–Crippen LogP) is 2.89. The Labute approximate surface area is 98.5 Å². The van der Waals surface area contributed by atoms with E-state index in [2.05, 4.69) is 9.97 Å². The molecule has 0 N–H and O–H groups in total. The smallest absolute Gasteiger partial charge is 0.225 e. The van der Waals surface area contributed by atoms with Gasteiger partial charge in [0.15, 0.2) is 0 Å². The zero-order chi connectivity index (χ0) is 11.1. The van der Waals surface area contributed by atoms with Crippen molar-refractivity contribution in [2.45, 2.75) is 32.6 Å². The van der Waals surface area contributed by atoms with E-state index in [1.807, 2.05) is 18.3 Å². The second-order valence-electron chi connectivity index (χ2n) is 4.17. The van der Waals surface area contributed by atoms with E-state index in [1.54, 1.807) is 7.11 Å². The number of aromatic nitrogens is 2. The highest BCUT2D eigenvalue weighted by atomic mass is 32.1. The maximum absolute atomic E-state index is 5.39. The molecule has 0 aromatic carbocycles. The van der Waals surface area contributed by atoms with E-state index >= 15 is 0 Å². The van der Waals surface area contributed by atoms with Crippen molar-refractivity contribution in [1.29, 1.82) is 0 Å². The molecule has 3 nitrogen and oxygen atoms in total. The maximum Gasteiger partial charge on any atom is 0.225 e. The van der Waals surface area contributed by atoms with Crippen LogP contribution >= 0.6 is 11.3 Å². The summed E-state index contributed by atoms with van der Waals surface area (Å²) in [5.74, 6) is 1.55. The molecule has 3 rings (SSSR count). The molecular weight excluding hydrogens is 220 g/mol. The molecule has 2 aromatic heterocycles. The fraction of sp³-hybridized carbons (Fsp3) is 0.500. The van der Waals surface area contributed by atoms with Gasteiger partial charge in [-0.3, -0.25) is 0 Å². The van der Waals surface area contributed by atoms with Crippen LogP contribution in [0.15, 0.2) is 0 Å². The van der Waals surface area contributed by atoms with Gasteiger partial charge in [0, 0.05) is 4.88 Å². The van der Waals surface area contributed by atoms with Gasteiger partial charge in [0.1, 0.15) is 10.7 Å². The predicted molar refractivity (Wildman–Crippen MR) is 65.3 cm³/mol. The number of hydrogen-bond donors (Lipinski definition) is 0. The first-order chi connectivity index (χ1) is 7.79. The van der Waals surface area contributed by atoms with Crippen molar-refractivity contribution in [2.75, 3.05) is 7.11 Å². The summed E-state index contributed by atoms with van der Waals surface area (Å²) in [6.45, 7) is 1.92. The molecule has 0 aliphatic heterocycles. The van der Waals surface area contributed by atoms with Crippen molar-refractivity contribution in [3.63, 3.8) is 0 Å². The zero-order valence-corrected chi connectivity index (χ0v) is 10.4. The van der Waals surface area contributed by atoms with E-state index in [1.165, 1.54) is 29.7 Å². The second kappa shape index (κ2) is 3.70. The Kier molecular flexibility index (Phi) is 2.32. The lowest BCUT2D eigenvalue weighted by molar-refractivity contribution is 0.401. The lowest BCUT2D eigenvalue weighted by Crippen LogP contribution is -2.00. The lowest BCUT2D eigenvalue weighted by Gasteiger charge is -2.11. The van der Waals surface area contributed by atoms with Crippen molar-refractivity contribution in [3.8, 4) is 5.88 Å². The van der Waals surface area contributed by atoms with E-state index in [9.17, 15) is 0 Å². The Balaban J connectivity index is 2.34. The zero-order valence-electron chi connectivity index (χ0n) is 9.54. The average molecular weight is 234 g/mol. The quantitative estimate of drug-likeness (QED) is 0.761. The van der Waals surface area contributed by atoms with Crippen LogP contribution in [-0.4, -0.2) is 17.1 Å². The lowest BCUT2D eigenvalue weighted by atomic mass is 9.97. The van der Waals surface area contributed by atoms with Gasteiger partial charge in [-0.25, -0.2) is 4.98 Å². The summed E-state index contributed by atoms with van der Waals surface area (Å²) in [7, 11) is 1.69. The minimum Gasteiger partial charge on any atom is -0.480 e. The van der Waals surface area contributed by atoms with Crippen LogP contribution in [0, 0.1) is 6.92 Å². The summed E-state index contributed by atoms with van der Waals surface area (Å²) in [6.07, 6.45) is 4.92. The Hall–Kier alpha value is -1.16. The van der Waals surface area contributed by atoms with Crippen molar-refractivity contribution >= 4 is 21.6 Å². The maximum atomic E-state index is 5.39. The fourth-order valence-corrected chi connectivity index (χ4v) is 3.67. The van der Waals surface area contributed by atoms with Gasteiger partial charge in [0.2, 0.25) is 5.88 Å². The second-order valence-corrected chi connectivity index (χ2v) is 5.25. The highest BCUT2D eigenvalue weighted by Crippen LogP contribution is 2.39. The van der Waals surface area contributed by atoms with Gasteiger partial charge in [-0.2, -0.15) is 4.98 Å². The first kappa shape index (κ1) is 10.0. The van der Waals surface area contributed by atoms with E-state index < -0.39 is 0 Å². The van der Waals surface area contributed by atoms with Gasteiger partial charge >= 0.3 is 0 Å². The molecule has 0 saturated carbocycles. The first-order valence-corrected chi connectivity index (χ1v) is 6.44. The van der Waals surface area contributed by atoms with Crippen molar-refractivity contribution < 1.29 is 4.74 Å². The number of aryl methyl sites for hydroxylation is 3. The molecule has 0 spiro atoms. The van der Waals surface area contributed by atoms with Crippen LogP contribution in [0.4, 0.5) is 0 Å². The Bertz CT molecular complexity index is 547. The normalized spacial score (nSPS) is 15.1. The molecule has 4 heteroatoms. The van der Waals surface area contributed by atoms with Crippen LogP contribution in [0.1, 0.15) is 29.1 Å². The van der Waals surface area contributed by atoms with E-state index in [0.717, 1.165) is 28.3 Å². The van der Waals surface area contributed by atoms with Crippen LogP contribution in [-0.2, 0) is 12.8 Å². The third kappa shape index (κ3) is 1.40. The van der Waals surface area contributed by atoms with Crippen LogP contribution in [0.3, 0.4) is 0 Å². The molecule has 0 atom stereocenters. The SMILES string of the molecule is COc1nc(C)nc2sc3c(c12)CCCC3. The summed E-state index contributed by atoms with van der Waals surface area (Å²) in [5, 5.41) is 1.16. The number of methoxy groups -OCH3 is 1. The number of fused-ring (bicyclic) bond motifs is 3. The summed E-state index contributed by atoms with van der Waals surface area (Å²) < 4.78 is 5.39. The summed E-state index contributed by atoms with van der Waals surface area (Å²) in [5.41, 5.74) is 1.43. The molecule has 2 heterocycles. The van der Waals surface area contributed by atoms with Crippen molar-refractivity contribution in [1.82, 2.24) is 9.97 Å². The molecule has 0 bridgehead atoms. The van der Waals surface area contributed by atoms with Gasteiger partial charge in [-0.1, -0.05) is 0 Å². The highest BCUT2D eigenvalue weighted by Gasteiger charge is 2.20. The number of ether oxygens (including phenoxy) is 1. The third-order valence-electron chi connectivity index (χ3n) is 3.09. The minimum absolute atomic E-state index is 0.752. The number of thiophene rings is 1. The number of rotatable bonds is 1. The first-order valence-electron chi connectivity index (χ1n) is 5.62. The van der Waals surface area contributed by atoms with Crippen molar-refractivity contribution in [3.05, 3.63) is 16.3 Å². The van der Waals surface area contributed by atoms with E-state index in [-0.39, 0.29) is 0 Å². The molecule has 0 amide bonds.